The van der Waals surface area contributed by atoms with Gasteiger partial charge in [-0.25, -0.2) is 14.5 Å². The number of benzene rings is 2. The van der Waals surface area contributed by atoms with Crippen molar-refractivity contribution < 1.29 is 23.9 Å². The normalized spacial score (nSPS) is 14.9. The van der Waals surface area contributed by atoms with Crippen LogP contribution < -0.4 is 10.2 Å². The lowest BCUT2D eigenvalue weighted by Gasteiger charge is -2.26. The smallest absolute Gasteiger partial charge is 0.338 e. The molecule has 1 aromatic heterocycles. The molecule has 1 aliphatic heterocycles. The van der Waals surface area contributed by atoms with Crippen molar-refractivity contribution in [3.63, 3.8) is 0 Å². The molecule has 0 saturated carbocycles. The second-order valence-corrected chi connectivity index (χ2v) is 9.17. The van der Waals surface area contributed by atoms with Gasteiger partial charge in [0.15, 0.2) is 0 Å². The average Bonchev–Trinajstić information content (AvgIpc) is 3.11. The molecule has 0 radical (unpaired) electrons. The van der Waals surface area contributed by atoms with Gasteiger partial charge in [-0.15, -0.1) is 0 Å². The lowest BCUT2D eigenvalue weighted by atomic mass is 10.1. The van der Waals surface area contributed by atoms with E-state index in [1.807, 2.05) is 31.4 Å². The second-order valence-electron chi connectivity index (χ2n) is 8.32. The van der Waals surface area contributed by atoms with Crippen molar-refractivity contribution in [2.45, 2.75) is 27.7 Å². The van der Waals surface area contributed by atoms with Crippen LogP contribution in [0.25, 0.3) is 11.8 Å². The molecule has 9 heteroatoms. The number of aromatic nitrogens is 1. The van der Waals surface area contributed by atoms with Crippen LogP contribution in [0.5, 0.6) is 0 Å². The zero-order valence-electron chi connectivity index (χ0n) is 20.2. The van der Waals surface area contributed by atoms with Gasteiger partial charge in [0.05, 0.1) is 17.9 Å². The van der Waals surface area contributed by atoms with E-state index in [0.29, 0.717) is 23.4 Å². The minimum atomic E-state index is -0.795. The molecule has 1 N–H and O–H groups in total. The van der Waals surface area contributed by atoms with E-state index in [0.717, 1.165) is 32.0 Å². The van der Waals surface area contributed by atoms with Crippen molar-refractivity contribution >= 4 is 51.5 Å². The molecule has 2 aromatic carbocycles. The van der Waals surface area contributed by atoms with E-state index in [4.69, 9.17) is 4.74 Å². The van der Waals surface area contributed by atoms with Gasteiger partial charge in [0.2, 0.25) is 0 Å². The number of nitrogens with zero attached hydrogens (tertiary/aromatic N) is 2. The van der Waals surface area contributed by atoms with E-state index in [9.17, 15) is 19.2 Å². The molecular weight excluding hydrogens is 526 g/mol. The van der Waals surface area contributed by atoms with E-state index in [1.165, 1.54) is 6.08 Å². The number of anilines is 1. The fourth-order valence-electron chi connectivity index (χ4n) is 4.11. The van der Waals surface area contributed by atoms with Crippen LogP contribution >= 0.6 is 15.9 Å². The van der Waals surface area contributed by atoms with Crippen LogP contribution in [0.3, 0.4) is 0 Å². The highest BCUT2D eigenvalue weighted by atomic mass is 79.9. The summed E-state index contributed by atoms with van der Waals surface area (Å²) in [5.74, 6) is -1.84. The number of rotatable bonds is 5. The first kappa shape index (κ1) is 25.1. The van der Waals surface area contributed by atoms with Crippen molar-refractivity contribution in [1.29, 1.82) is 0 Å². The molecule has 3 aromatic rings. The Bertz CT molecular complexity index is 1440. The zero-order valence-corrected chi connectivity index (χ0v) is 21.8. The van der Waals surface area contributed by atoms with Crippen LogP contribution in [0.15, 0.2) is 58.6 Å². The van der Waals surface area contributed by atoms with Crippen LogP contribution in [0.2, 0.25) is 0 Å². The molecule has 1 fully saturated rings. The number of aryl methyl sites for hydroxylation is 2. The molecule has 1 aliphatic rings. The van der Waals surface area contributed by atoms with Gasteiger partial charge in [-0.3, -0.25) is 14.9 Å². The number of halogens is 1. The number of nitrogens with one attached hydrogen (secondary N) is 1. The summed E-state index contributed by atoms with van der Waals surface area (Å²) < 4.78 is 7.83. The summed E-state index contributed by atoms with van der Waals surface area (Å²) in [4.78, 5) is 51.4. The number of carbonyl (C=O) groups is 4. The number of imide groups is 2. The highest BCUT2D eigenvalue weighted by Gasteiger charge is 2.37. The summed E-state index contributed by atoms with van der Waals surface area (Å²) in [6.45, 7) is 7.66. The van der Waals surface area contributed by atoms with E-state index >= 15 is 0 Å². The van der Waals surface area contributed by atoms with Crippen molar-refractivity contribution in [1.82, 2.24) is 9.88 Å². The molecule has 4 rings (SSSR count). The summed E-state index contributed by atoms with van der Waals surface area (Å²) in [6.07, 6.45) is 1.49. The van der Waals surface area contributed by atoms with E-state index in [2.05, 4.69) is 21.2 Å². The van der Waals surface area contributed by atoms with Gasteiger partial charge in [-0.05, 0) is 93.4 Å². The third-order valence-electron chi connectivity index (χ3n) is 5.91. The standard InChI is InChI=1S/C27H24BrN3O5/c1-5-36-26(34)18-6-8-20(9-7-18)30-16(3)13-19(17(30)4)14-22-24(32)29-27(35)31(25(22)33)21-10-11-23(28)15(2)12-21/h6-14H,5H2,1-4H3,(H,29,32,35)/b22-14+. The maximum atomic E-state index is 13.3. The zero-order chi connectivity index (χ0) is 26.1. The van der Waals surface area contributed by atoms with Gasteiger partial charge >= 0.3 is 12.0 Å². The highest BCUT2D eigenvalue weighted by Crippen LogP contribution is 2.28. The van der Waals surface area contributed by atoms with Crippen LogP contribution in [0, 0.1) is 20.8 Å². The second kappa shape index (κ2) is 9.94. The molecule has 184 valence electrons. The number of hydrogen-bond donors (Lipinski definition) is 1. The molecule has 0 atom stereocenters. The molecular formula is C27H24BrN3O5. The predicted octanol–water partition coefficient (Wildman–Crippen LogP) is 5.01. The van der Waals surface area contributed by atoms with Gasteiger partial charge in [0, 0.05) is 21.5 Å². The Hall–Kier alpha value is -3.98. The summed E-state index contributed by atoms with van der Waals surface area (Å²) >= 11 is 3.41. The van der Waals surface area contributed by atoms with E-state index in [1.54, 1.807) is 49.4 Å². The summed E-state index contributed by atoms with van der Waals surface area (Å²) in [6, 6.07) is 13.1. The summed E-state index contributed by atoms with van der Waals surface area (Å²) in [7, 11) is 0. The van der Waals surface area contributed by atoms with Gasteiger partial charge in [0.25, 0.3) is 11.8 Å². The van der Waals surface area contributed by atoms with Crippen molar-refractivity contribution in [3.05, 3.63) is 86.7 Å². The Morgan fingerprint density at radius 1 is 1.00 bits per heavy atom. The van der Waals surface area contributed by atoms with Crippen molar-refractivity contribution in [2.75, 3.05) is 11.5 Å². The molecule has 0 spiro atoms. The lowest BCUT2D eigenvalue weighted by Crippen LogP contribution is -2.54. The van der Waals surface area contributed by atoms with Gasteiger partial charge in [-0.2, -0.15) is 0 Å². The van der Waals surface area contributed by atoms with Crippen LogP contribution in [0.1, 0.15) is 39.8 Å². The molecule has 8 nitrogen and oxygen atoms in total. The number of urea groups is 1. The number of hydrogen-bond acceptors (Lipinski definition) is 5. The average molecular weight is 550 g/mol. The Labute approximate surface area is 216 Å². The molecule has 0 aliphatic carbocycles. The number of amides is 4. The number of ether oxygens (including phenoxy) is 1. The van der Waals surface area contributed by atoms with Crippen LogP contribution in [0.4, 0.5) is 10.5 Å². The largest absolute Gasteiger partial charge is 0.462 e. The monoisotopic (exact) mass is 549 g/mol. The molecule has 4 amide bonds. The minimum Gasteiger partial charge on any atom is -0.462 e. The maximum Gasteiger partial charge on any atom is 0.338 e. The van der Waals surface area contributed by atoms with Crippen molar-refractivity contribution in [2.24, 2.45) is 0 Å². The van der Waals surface area contributed by atoms with Gasteiger partial charge in [-0.1, -0.05) is 15.9 Å². The first-order chi connectivity index (χ1) is 17.1. The van der Waals surface area contributed by atoms with Crippen molar-refractivity contribution in [3.8, 4) is 5.69 Å². The number of esters is 1. The Morgan fingerprint density at radius 2 is 1.67 bits per heavy atom. The fourth-order valence-corrected chi connectivity index (χ4v) is 4.35. The van der Waals surface area contributed by atoms with E-state index < -0.39 is 23.8 Å². The summed E-state index contributed by atoms with van der Waals surface area (Å²) in [5.41, 5.74) is 4.62. The topological polar surface area (TPSA) is 97.7 Å². The minimum absolute atomic E-state index is 0.145. The SMILES string of the molecule is CCOC(=O)c1ccc(-n2c(C)cc(/C=C3\C(=O)NC(=O)N(c4ccc(Br)c(C)c4)C3=O)c2C)cc1. The first-order valence-electron chi connectivity index (χ1n) is 11.3. The molecule has 36 heavy (non-hydrogen) atoms. The van der Waals surface area contributed by atoms with E-state index in [-0.39, 0.29) is 5.57 Å². The van der Waals surface area contributed by atoms with Crippen LogP contribution in [-0.2, 0) is 14.3 Å². The van der Waals surface area contributed by atoms with Crippen LogP contribution in [-0.4, -0.2) is 35.0 Å². The first-order valence-corrected chi connectivity index (χ1v) is 12.1. The lowest BCUT2D eigenvalue weighted by molar-refractivity contribution is -0.122. The fraction of sp³-hybridized carbons (Fsp3) is 0.185. The number of carbonyl (C=O) groups excluding carboxylic acids is 4. The third-order valence-corrected chi connectivity index (χ3v) is 6.80. The molecule has 2 heterocycles. The van der Waals surface area contributed by atoms with Gasteiger partial charge < -0.3 is 9.30 Å². The Kier molecular flexibility index (Phi) is 6.94. The molecule has 0 bridgehead atoms. The Balaban J connectivity index is 1.70. The third kappa shape index (κ3) is 4.61. The number of barbiturate groups is 1. The maximum absolute atomic E-state index is 13.3. The molecule has 0 unspecified atom stereocenters. The summed E-state index contributed by atoms with van der Waals surface area (Å²) in [5, 5.41) is 2.26. The van der Waals surface area contributed by atoms with Gasteiger partial charge in [0.1, 0.15) is 5.57 Å². The highest BCUT2D eigenvalue weighted by molar-refractivity contribution is 9.10. The quantitative estimate of drug-likeness (QED) is 0.274. The predicted molar refractivity (Wildman–Crippen MR) is 139 cm³/mol. The molecule has 1 saturated heterocycles. The Morgan fingerprint density at radius 3 is 2.31 bits per heavy atom.